The SMILES string of the molecule is CC(CO[Si](c1ccccc1)(c1ccccc1)C(C)(C)C)NC(=O)c1ccc2cc(-c3nn(COCC[Si](C)(C)C)c4c3CCC(C)(C)C4)n(COCC[Si](C)C)c2c1. The summed E-state index contributed by atoms with van der Waals surface area (Å²) in [4.78, 5) is 14.1. The van der Waals surface area contributed by atoms with Crippen molar-refractivity contribution in [1.82, 2.24) is 19.7 Å². The Morgan fingerprint density at radius 2 is 1.56 bits per heavy atom. The van der Waals surface area contributed by atoms with Crippen LogP contribution in [0.25, 0.3) is 22.3 Å². The van der Waals surface area contributed by atoms with Gasteiger partial charge in [0.05, 0.1) is 17.8 Å². The van der Waals surface area contributed by atoms with Crippen molar-refractivity contribution in [3.05, 3.63) is 102 Å². The van der Waals surface area contributed by atoms with Gasteiger partial charge in [0.2, 0.25) is 0 Å². The molecule has 6 rings (SSSR count). The van der Waals surface area contributed by atoms with Gasteiger partial charge in [-0.05, 0) is 77.3 Å². The van der Waals surface area contributed by atoms with Crippen LogP contribution in [0.5, 0.6) is 0 Å². The van der Waals surface area contributed by atoms with Gasteiger partial charge in [-0.1, -0.05) is 134 Å². The molecule has 1 aliphatic carbocycles. The maximum atomic E-state index is 14.1. The molecule has 0 saturated heterocycles. The van der Waals surface area contributed by atoms with Crippen LogP contribution in [0.3, 0.4) is 0 Å². The highest BCUT2D eigenvalue weighted by atomic mass is 28.4. The molecule has 0 fully saturated rings. The molecule has 59 heavy (non-hydrogen) atoms. The van der Waals surface area contributed by atoms with E-state index in [-0.39, 0.29) is 22.4 Å². The van der Waals surface area contributed by atoms with Gasteiger partial charge in [0.25, 0.3) is 14.2 Å². The van der Waals surface area contributed by atoms with E-state index in [0.29, 0.717) is 32.2 Å². The number of nitrogens with one attached hydrogen (secondary N) is 1. The first-order valence-electron chi connectivity index (χ1n) is 21.6. The van der Waals surface area contributed by atoms with E-state index in [1.54, 1.807) is 0 Å². The molecule has 1 atom stereocenters. The minimum Gasteiger partial charge on any atom is -0.405 e. The number of amides is 1. The molecule has 0 aliphatic heterocycles. The zero-order chi connectivity index (χ0) is 42.6. The highest BCUT2D eigenvalue weighted by Crippen LogP contribution is 2.41. The largest absolute Gasteiger partial charge is 0.405 e. The van der Waals surface area contributed by atoms with Crippen LogP contribution < -0.4 is 15.7 Å². The molecular formula is C48H69N4O4Si3. The van der Waals surface area contributed by atoms with E-state index in [4.69, 9.17) is 19.0 Å². The summed E-state index contributed by atoms with van der Waals surface area (Å²) >= 11 is 0. The quantitative estimate of drug-likeness (QED) is 0.0702. The average molecular weight is 850 g/mol. The molecule has 5 aromatic rings. The van der Waals surface area contributed by atoms with E-state index in [0.717, 1.165) is 60.2 Å². The Morgan fingerprint density at radius 1 is 0.915 bits per heavy atom. The van der Waals surface area contributed by atoms with E-state index in [1.807, 2.05) is 19.1 Å². The number of carbonyl (C=O) groups is 1. The summed E-state index contributed by atoms with van der Waals surface area (Å²) in [5.41, 5.74) is 6.38. The Kier molecular flexibility index (Phi) is 14.2. The first-order valence-corrected chi connectivity index (χ1v) is 29.9. The molecule has 317 valence electrons. The average Bonchev–Trinajstić information content (AvgIpc) is 3.71. The van der Waals surface area contributed by atoms with Crippen molar-refractivity contribution >= 4 is 52.4 Å². The number of hydrogen-bond acceptors (Lipinski definition) is 5. The minimum absolute atomic E-state index is 0.121. The number of benzene rings is 3. The van der Waals surface area contributed by atoms with E-state index in [9.17, 15) is 4.79 Å². The lowest BCUT2D eigenvalue weighted by molar-refractivity contribution is 0.0747. The van der Waals surface area contributed by atoms with Crippen molar-refractivity contribution in [1.29, 1.82) is 0 Å². The Labute approximate surface area is 357 Å². The lowest BCUT2D eigenvalue weighted by atomic mass is 9.76. The van der Waals surface area contributed by atoms with Crippen LogP contribution in [-0.4, -0.2) is 71.3 Å². The smallest absolute Gasteiger partial charge is 0.261 e. The van der Waals surface area contributed by atoms with Crippen LogP contribution in [0, 0.1) is 5.41 Å². The summed E-state index contributed by atoms with van der Waals surface area (Å²) in [5, 5.41) is 12.0. The van der Waals surface area contributed by atoms with Crippen molar-refractivity contribution in [2.75, 3.05) is 19.8 Å². The Hall–Kier alpha value is -3.59. The molecule has 1 N–H and O–H groups in total. The summed E-state index contributed by atoms with van der Waals surface area (Å²) in [7, 11) is -4.39. The molecule has 3 aromatic carbocycles. The van der Waals surface area contributed by atoms with Gasteiger partial charge in [-0.2, -0.15) is 5.10 Å². The van der Waals surface area contributed by atoms with Gasteiger partial charge >= 0.3 is 0 Å². The monoisotopic (exact) mass is 849 g/mol. The number of rotatable bonds is 18. The van der Waals surface area contributed by atoms with Gasteiger partial charge in [-0.15, -0.1) is 0 Å². The topological polar surface area (TPSA) is 79.5 Å². The fraction of sp³-hybridized carbons (Fsp3) is 0.500. The highest BCUT2D eigenvalue weighted by Gasteiger charge is 2.50. The molecule has 1 radical (unpaired) electrons. The standard InChI is InChI=1S/C48H69N4O4Si3/c1-36(33-56-59(47(2,3)4,39-18-14-12-15-19-39)40-20-16-13-17-21-40)49-46(53)38-23-22-37-30-43(51(42(37)31-38)34-54-26-28-57(7)8)45-41-24-25-48(5,6)32-44(41)52(50-45)35-55-27-29-58(9,10)11/h12-23,30-31,36H,24-29,32-35H2,1-11H3,(H,49,53). The third kappa shape index (κ3) is 10.7. The Morgan fingerprint density at radius 3 is 2.17 bits per heavy atom. The van der Waals surface area contributed by atoms with Crippen molar-refractivity contribution in [2.45, 2.75) is 130 Å². The van der Waals surface area contributed by atoms with Crippen molar-refractivity contribution in [3.63, 3.8) is 0 Å². The lowest BCUT2D eigenvalue weighted by Gasteiger charge is -2.43. The van der Waals surface area contributed by atoms with E-state index in [2.05, 4.69) is 155 Å². The molecule has 0 spiro atoms. The maximum Gasteiger partial charge on any atom is 0.261 e. The number of carbonyl (C=O) groups excluding carboxylic acids is 1. The predicted molar refractivity (Wildman–Crippen MR) is 252 cm³/mol. The van der Waals surface area contributed by atoms with Crippen LogP contribution in [0.1, 0.15) is 69.6 Å². The van der Waals surface area contributed by atoms with Crippen LogP contribution >= 0.6 is 0 Å². The fourth-order valence-electron chi connectivity index (χ4n) is 8.37. The third-order valence-electron chi connectivity index (χ3n) is 11.8. The van der Waals surface area contributed by atoms with Crippen molar-refractivity contribution in [2.24, 2.45) is 5.41 Å². The Balaban J connectivity index is 1.29. The summed E-state index contributed by atoms with van der Waals surface area (Å²) in [6.45, 7) is 28.1. The molecule has 0 bridgehead atoms. The van der Waals surface area contributed by atoms with Gasteiger partial charge in [0.15, 0.2) is 0 Å². The second-order valence-corrected chi connectivity index (χ2v) is 32.9. The number of aromatic nitrogens is 3. The van der Waals surface area contributed by atoms with Crippen LogP contribution in [0.15, 0.2) is 84.9 Å². The normalized spacial score (nSPS) is 15.1. The zero-order valence-electron chi connectivity index (χ0n) is 37.7. The molecule has 1 unspecified atom stereocenters. The highest BCUT2D eigenvalue weighted by molar-refractivity contribution is 6.99. The predicted octanol–water partition coefficient (Wildman–Crippen LogP) is 9.76. The van der Waals surface area contributed by atoms with Gasteiger partial charge in [0, 0.05) is 58.3 Å². The van der Waals surface area contributed by atoms with Gasteiger partial charge in [0.1, 0.15) is 19.2 Å². The summed E-state index contributed by atoms with van der Waals surface area (Å²) in [5.74, 6) is -0.121. The number of hydrogen-bond donors (Lipinski definition) is 1. The van der Waals surface area contributed by atoms with E-state index in [1.165, 1.54) is 21.6 Å². The third-order valence-corrected chi connectivity index (χ3v) is 19.7. The second kappa shape index (κ2) is 18.6. The van der Waals surface area contributed by atoms with Crippen LogP contribution in [0.2, 0.25) is 49.9 Å². The molecule has 8 nitrogen and oxygen atoms in total. The summed E-state index contributed by atoms with van der Waals surface area (Å²) in [6, 6.07) is 31.5. The maximum absolute atomic E-state index is 14.1. The first kappa shape index (κ1) is 45.0. The summed E-state index contributed by atoms with van der Waals surface area (Å²) < 4.78 is 24.2. The number of ether oxygens (including phenoxy) is 2. The molecule has 2 aromatic heterocycles. The van der Waals surface area contributed by atoms with Crippen LogP contribution in [0.4, 0.5) is 0 Å². The molecule has 1 amide bonds. The van der Waals surface area contributed by atoms with Gasteiger partial charge in [-0.25, -0.2) is 4.68 Å². The second-order valence-electron chi connectivity index (χ2n) is 20.0. The van der Waals surface area contributed by atoms with Crippen molar-refractivity contribution < 1.29 is 18.7 Å². The summed E-state index contributed by atoms with van der Waals surface area (Å²) in [6.07, 6.45) is 3.03. The molecule has 2 heterocycles. The van der Waals surface area contributed by atoms with Gasteiger partial charge in [-0.3, -0.25) is 4.79 Å². The van der Waals surface area contributed by atoms with E-state index >= 15 is 0 Å². The lowest BCUT2D eigenvalue weighted by Crippen LogP contribution is -2.67. The molecule has 11 heteroatoms. The molecule has 1 aliphatic rings. The zero-order valence-corrected chi connectivity index (χ0v) is 40.7. The van der Waals surface area contributed by atoms with Crippen molar-refractivity contribution in [3.8, 4) is 11.4 Å². The van der Waals surface area contributed by atoms with Crippen LogP contribution in [-0.2, 0) is 40.2 Å². The number of nitrogens with zero attached hydrogens (tertiary/aromatic N) is 3. The van der Waals surface area contributed by atoms with E-state index < -0.39 is 25.2 Å². The first-order chi connectivity index (χ1) is 27.9. The molecular weight excluding hydrogens is 781 g/mol. The Bertz CT molecular complexity index is 2130. The number of fused-ring (bicyclic) bond motifs is 2. The minimum atomic E-state index is -2.75. The molecule has 0 saturated carbocycles. The van der Waals surface area contributed by atoms with Gasteiger partial charge < -0.3 is 23.8 Å². The fourth-order valence-corrected chi connectivity index (χ4v) is 14.3.